The van der Waals surface area contributed by atoms with E-state index >= 15 is 0 Å². The van der Waals surface area contributed by atoms with E-state index in [9.17, 15) is 9.59 Å². The fourth-order valence-corrected chi connectivity index (χ4v) is 5.01. The number of methoxy groups -OCH3 is 1. The Balaban J connectivity index is 1.57. The summed E-state index contributed by atoms with van der Waals surface area (Å²) >= 11 is 0. The summed E-state index contributed by atoms with van der Waals surface area (Å²) in [6, 6.07) is 38.7. The van der Waals surface area contributed by atoms with Gasteiger partial charge in [-0.3, -0.25) is 4.79 Å². The average Bonchev–Trinajstić information content (AvgIpc) is 3.47. The Labute approximate surface area is 227 Å². The molecule has 5 aromatic rings. The molecule has 0 saturated carbocycles. The zero-order chi connectivity index (χ0) is 27.1. The van der Waals surface area contributed by atoms with Crippen LogP contribution in [0.1, 0.15) is 32.7 Å². The third-order valence-electron chi connectivity index (χ3n) is 6.84. The lowest BCUT2D eigenvalue weighted by atomic mass is 9.77. The summed E-state index contributed by atoms with van der Waals surface area (Å²) in [5.74, 6) is -0.882. The van der Waals surface area contributed by atoms with E-state index in [1.165, 1.54) is 7.11 Å². The molecule has 0 spiro atoms. The highest BCUT2D eigenvalue weighted by molar-refractivity contribution is 5.96. The molecular weight excluding hydrogens is 486 g/mol. The molecular formula is C33H29N3O3. The van der Waals surface area contributed by atoms with Crippen LogP contribution in [0.4, 0.5) is 0 Å². The lowest BCUT2D eigenvalue weighted by molar-refractivity contribution is -0.142. The van der Waals surface area contributed by atoms with Gasteiger partial charge >= 0.3 is 5.97 Å². The van der Waals surface area contributed by atoms with Crippen LogP contribution < -0.4 is 5.32 Å². The van der Waals surface area contributed by atoms with Gasteiger partial charge in [0.1, 0.15) is 11.6 Å². The van der Waals surface area contributed by atoms with Gasteiger partial charge in [-0.15, -0.1) is 0 Å². The number of hydrogen-bond donors (Lipinski definition) is 1. The van der Waals surface area contributed by atoms with Gasteiger partial charge < -0.3 is 14.6 Å². The summed E-state index contributed by atoms with van der Waals surface area (Å²) in [6.45, 7) is 0. The van der Waals surface area contributed by atoms with Crippen molar-refractivity contribution in [1.82, 2.24) is 14.9 Å². The minimum atomic E-state index is -0.898. The van der Waals surface area contributed by atoms with Crippen LogP contribution in [0.3, 0.4) is 0 Å². The summed E-state index contributed by atoms with van der Waals surface area (Å²) < 4.78 is 7.09. The van der Waals surface area contributed by atoms with Crippen LogP contribution in [0.25, 0.3) is 0 Å². The summed E-state index contributed by atoms with van der Waals surface area (Å²) in [7, 11) is 1.31. The fraction of sp³-hybridized carbons (Fsp3) is 0.121. The maximum Gasteiger partial charge on any atom is 0.328 e. The topological polar surface area (TPSA) is 73.2 Å². The number of amides is 1. The number of hydrogen-bond acceptors (Lipinski definition) is 4. The monoisotopic (exact) mass is 515 g/mol. The van der Waals surface area contributed by atoms with Crippen LogP contribution in [0, 0.1) is 0 Å². The second-order valence-corrected chi connectivity index (χ2v) is 9.20. The molecule has 39 heavy (non-hydrogen) atoms. The van der Waals surface area contributed by atoms with Crippen molar-refractivity contribution in [2.45, 2.75) is 18.0 Å². The van der Waals surface area contributed by atoms with E-state index < -0.39 is 17.6 Å². The highest BCUT2D eigenvalue weighted by atomic mass is 16.5. The number of aromatic nitrogens is 2. The maximum atomic E-state index is 12.8. The van der Waals surface area contributed by atoms with Crippen LogP contribution in [0.2, 0.25) is 0 Å². The van der Waals surface area contributed by atoms with Gasteiger partial charge in [0.15, 0.2) is 0 Å². The van der Waals surface area contributed by atoms with Gasteiger partial charge in [-0.1, -0.05) is 109 Å². The molecule has 6 nitrogen and oxygen atoms in total. The summed E-state index contributed by atoms with van der Waals surface area (Å²) in [6.07, 6.45) is 3.90. The van der Waals surface area contributed by atoms with Crippen LogP contribution in [-0.4, -0.2) is 34.6 Å². The Bertz CT molecular complexity index is 1420. The van der Waals surface area contributed by atoms with Crippen molar-refractivity contribution in [2.24, 2.45) is 0 Å². The van der Waals surface area contributed by atoms with Crippen LogP contribution in [0.5, 0.6) is 0 Å². The summed E-state index contributed by atoms with van der Waals surface area (Å²) in [4.78, 5) is 30.2. The van der Waals surface area contributed by atoms with Gasteiger partial charge in [0, 0.05) is 18.2 Å². The van der Waals surface area contributed by atoms with Crippen molar-refractivity contribution in [3.05, 3.63) is 162 Å². The van der Waals surface area contributed by atoms with Gasteiger partial charge in [-0.2, -0.15) is 0 Å². The average molecular weight is 516 g/mol. The van der Waals surface area contributed by atoms with Gasteiger partial charge in [0.25, 0.3) is 5.91 Å². The molecule has 1 amide bonds. The Morgan fingerprint density at radius 1 is 0.769 bits per heavy atom. The second kappa shape index (κ2) is 11.6. The first-order valence-electron chi connectivity index (χ1n) is 12.8. The lowest BCUT2D eigenvalue weighted by Crippen LogP contribution is -2.43. The molecule has 0 saturated heterocycles. The predicted octanol–water partition coefficient (Wildman–Crippen LogP) is 5.24. The summed E-state index contributed by atoms with van der Waals surface area (Å²) in [5, 5.41) is 2.81. The third kappa shape index (κ3) is 5.22. The van der Waals surface area contributed by atoms with E-state index in [4.69, 9.17) is 9.72 Å². The van der Waals surface area contributed by atoms with Crippen molar-refractivity contribution in [2.75, 3.05) is 7.11 Å². The van der Waals surface area contributed by atoms with Crippen LogP contribution >= 0.6 is 0 Å². The number of imidazole rings is 1. The largest absolute Gasteiger partial charge is 0.467 e. The molecule has 0 unspecified atom stereocenters. The van der Waals surface area contributed by atoms with E-state index in [-0.39, 0.29) is 12.3 Å². The molecule has 1 atom stereocenters. The second-order valence-electron chi connectivity index (χ2n) is 9.20. The molecule has 0 aliphatic heterocycles. The Kier molecular flexibility index (Phi) is 7.64. The molecule has 0 bridgehead atoms. The number of esters is 1. The first-order valence-corrected chi connectivity index (χ1v) is 12.8. The number of carbonyl (C=O) groups excluding carboxylic acids is 2. The fourth-order valence-electron chi connectivity index (χ4n) is 5.01. The van der Waals surface area contributed by atoms with Gasteiger partial charge in [-0.25, -0.2) is 9.78 Å². The SMILES string of the molecule is COC(=O)[C@H](Cc1cn(C(c2ccccc2)(c2ccccc2)c2ccccc2)cn1)NC(=O)c1ccccc1. The van der Waals surface area contributed by atoms with E-state index in [0.717, 1.165) is 16.7 Å². The van der Waals surface area contributed by atoms with E-state index in [0.29, 0.717) is 11.3 Å². The number of benzene rings is 4. The molecule has 194 valence electrons. The highest BCUT2D eigenvalue weighted by Crippen LogP contribution is 2.40. The van der Waals surface area contributed by atoms with Crippen LogP contribution in [0.15, 0.2) is 134 Å². The Morgan fingerprint density at radius 3 is 1.69 bits per heavy atom. The van der Waals surface area contributed by atoms with E-state index in [1.54, 1.807) is 30.6 Å². The van der Waals surface area contributed by atoms with Crippen molar-refractivity contribution >= 4 is 11.9 Å². The Hall–Kier alpha value is -4.97. The first kappa shape index (κ1) is 25.7. The predicted molar refractivity (Wildman–Crippen MR) is 150 cm³/mol. The first-order chi connectivity index (χ1) is 19.1. The molecule has 5 rings (SSSR count). The van der Waals surface area contributed by atoms with Gasteiger partial charge in [0.05, 0.1) is 19.1 Å². The Morgan fingerprint density at radius 2 is 1.23 bits per heavy atom. The standard InChI is InChI=1S/C33H29N3O3/c1-39-32(38)30(35-31(37)25-14-6-2-7-15-25)22-29-23-36(24-34-29)33(26-16-8-3-9-17-26,27-18-10-4-11-19-27)28-20-12-5-13-21-28/h2-21,23-24,30H,22H2,1H3,(H,35,37)/t30-/m0/s1. The molecule has 1 N–H and O–H groups in total. The van der Waals surface area contributed by atoms with Crippen molar-refractivity contribution in [1.29, 1.82) is 0 Å². The third-order valence-corrected chi connectivity index (χ3v) is 6.84. The molecule has 0 radical (unpaired) electrons. The smallest absolute Gasteiger partial charge is 0.328 e. The van der Waals surface area contributed by atoms with Crippen molar-refractivity contribution in [3.63, 3.8) is 0 Å². The zero-order valence-electron chi connectivity index (χ0n) is 21.6. The minimum absolute atomic E-state index is 0.173. The minimum Gasteiger partial charge on any atom is -0.467 e. The van der Waals surface area contributed by atoms with E-state index in [2.05, 4.69) is 46.3 Å². The zero-order valence-corrected chi connectivity index (χ0v) is 21.6. The van der Waals surface area contributed by atoms with Crippen molar-refractivity contribution in [3.8, 4) is 0 Å². The number of ether oxygens (including phenoxy) is 1. The van der Waals surface area contributed by atoms with Crippen LogP contribution in [-0.2, 0) is 21.5 Å². The molecule has 6 heteroatoms. The number of carbonyl (C=O) groups is 2. The normalized spacial score (nSPS) is 11.9. The molecule has 1 aromatic heterocycles. The van der Waals surface area contributed by atoms with E-state index in [1.807, 2.05) is 66.9 Å². The highest BCUT2D eigenvalue weighted by Gasteiger charge is 2.38. The van der Waals surface area contributed by atoms with Crippen molar-refractivity contribution < 1.29 is 14.3 Å². The summed E-state index contributed by atoms with van der Waals surface area (Å²) in [5.41, 5.74) is 3.58. The molecule has 4 aromatic carbocycles. The van der Waals surface area contributed by atoms with Gasteiger partial charge in [0.2, 0.25) is 0 Å². The molecule has 1 heterocycles. The quantitative estimate of drug-likeness (QED) is 0.215. The number of rotatable bonds is 9. The number of nitrogens with one attached hydrogen (secondary N) is 1. The van der Waals surface area contributed by atoms with Gasteiger partial charge in [-0.05, 0) is 28.8 Å². The molecule has 0 fully saturated rings. The number of nitrogens with zero attached hydrogens (tertiary/aromatic N) is 2. The molecule has 0 aliphatic carbocycles. The maximum absolute atomic E-state index is 12.8. The lowest BCUT2D eigenvalue weighted by Gasteiger charge is -2.37. The molecule has 0 aliphatic rings.